The molecule has 0 aliphatic rings. The van der Waals surface area contributed by atoms with Gasteiger partial charge in [-0.2, -0.15) is 0 Å². The van der Waals surface area contributed by atoms with Crippen LogP contribution in [0.25, 0.3) is 0 Å². The highest BCUT2D eigenvalue weighted by molar-refractivity contribution is 7.98. The molecule has 0 saturated carbocycles. The number of nitrogens with one attached hydrogen (secondary N) is 1. The third-order valence-electron chi connectivity index (χ3n) is 3.38. The Morgan fingerprint density at radius 3 is 2.71 bits per heavy atom. The smallest absolute Gasteiger partial charge is 0.122 e. The molecular weight excluding hydrogens is 304 g/mol. The van der Waals surface area contributed by atoms with Gasteiger partial charge in [-0.1, -0.05) is 29.8 Å². The van der Waals surface area contributed by atoms with Crippen LogP contribution in [0, 0.1) is 0 Å². The van der Waals surface area contributed by atoms with Crippen molar-refractivity contribution in [3.8, 4) is 5.75 Å². The van der Waals surface area contributed by atoms with Crippen molar-refractivity contribution in [1.29, 1.82) is 0 Å². The lowest BCUT2D eigenvalue weighted by molar-refractivity contribution is 0.405. The standard InChI is InChI=1S/C16H19ClN2OS/c1-20-15-8-7-12(17)9-11(15)10-14(19-18)13-5-3-4-6-16(13)21-2/h3-9,14,19H,10,18H2,1-2H3. The van der Waals surface area contributed by atoms with Gasteiger partial charge in [-0.3, -0.25) is 11.3 Å². The maximum absolute atomic E-state index is 6.09. The maximum Gasteiger partial charge on any atom is 0.122 e. The second kappa shape index (κ2) is 7.71. The Morgan fingerprint density at radius 2 is 2.05 bits per heavy atom. The van der Waals surface area contributed by atoms with Gasteiger partial charge in [-0.25, -0.2) is 0 Å². The Kier molecular flexibility index (Phi) is 5.94. The van der Waals surface area contributed by atoms with Gasteiger partial charge >= 0.3 is 0 Å². The van der Waals surface area contributed by atoms with Gasteiger partial charge in [0.05, 0.1) is 13.2 Å². The van der Waals surface area contributed by atoms with Crippen LogP contribution in [0.5, 0.6) is 5.75 Å². The Morgan fingerprint density at radius 1 is 1.29 bits per heavy atom. The molecule has 21 heavy (non-hydrogen) atoms. The van der Waals surface area contributed by atoms with Gasteiger partial charge < -0.3 is 4.74 Å². The first kappa shape index (κ1) is 16.2. The second-order valence-corrected chi connectivity index (χ2v) is 5.91. The first-order valence-corrected chi connectivity index (χ1v) is 8.21. The summed E-state index contributed by atoms with van der Waals surface area (Å²) in [6.07, 6.45) is 2.77. The molecule has 0 heterocycles. The number of hydrogen-bond acceptors (Lipinski definition) is 4. The molecule has 0 aliphatic heterocycles. The molecule has 0 radical (unpaired) electrons. The minimum atomic E-state index is 0.000941. The minimum absolute atomic E-state index is 0.000941. The summed E-state index contributed by atoms with van der Waals surface area (Å²) in [5, 5.41) is 0.694. The number of nitrogens with two attached hydrogens (primary N) is 1. The lowest BCUT2D eigenvalue weighted by Crippen LogP contribution is -2.30. The van der Waals surface area contributed by atoms with Crippen LogP contribution in [-0.2, 0) is 6.42 Å². The fourth-order valence-corrected chi connectivity index (χ4v) is 3.19. The molecular formula is C16H19ClN2OS. The van der Waals surface area contributed by atoms with Crippen LogP contribution in [0.1, 0.15) is 17.2 Å². The monoisotopic (exact) mass is 322 g/mol. The van der Waals surface area contributed by atoms with Crippen molar-refractivity contribution in [2.75, 3.05) is 13.4 Å². The molecule has 112 valence electrons. The zero-order valence-corrected chi connectivity index (χ0v) is 13.7. The molecule has 0 aliphatic carbocycles. The van der Waals surface area contributed by atoms with Crippen molar-refractivity contribution in [1.82, 2.24) is 5.43 Å². The zero-order valence-electron chi connectivity index (χ0n) is 12.1. The molecule has 1 unspecified atom stereocenters. The van der Waals surface area contributed by atoms with Gasteiger partial charge in [0.2, 0.25) is 0 Å². The summed E-state index contributed by atoms with van der Waals surface area (Å²) in [5.41, 5.74) is 5.11. The number of halogens is 1. The van der Waals surface area contributed by atoms with Crippen LogP contribution in [-0.4, -0.2) is 13.4 Å². The van der Waals surface area contributed by atoms with E-state index in [1.165, 1.54) is 10.5 Å². The molecule has 2 rings (SSSR count). The van der Waals surface area contributed by atoms with Crippen LogP contribution in [0.15, 0.2) is 47.4 Å². The summed E-state index contributed by atoms with van der Waals surface area (Å²) in [5.74, 6) is 6.59. The van der Waals surface area contributed by atoms with Gasteiger partial charge in [0.1, 0.15) is 5.75 Å². The molecule has 0 fully saturated rings. The number of hydrazine groups is 1. The number of benzene rings is 2. The van der Waals surface area contributed by atoms with Crippen LogP contribution < -0.4 is 16.0 Å². The first-order valence-electron chi connectivity index (χ1n) is 6.61. The topological polar surface area (TPSA) is 47.3 Å². The Bertz CT molecular complexity index is 607. The highest BCUT2D eigenvalue weighted by atomic mass is 35.5. The van der Waals surface area contributed by atoms with Crippen LogP contribution in [0.3, 0.4) is 0 Å². The highest BCUT2D eigenvalue weighted by Gasteiger charge is 2.16. The van der Waals surface area contributed by atoms with Gasteiger partial charge in [0, 0.05) is 9.92 Å². The van der Waals surface area contributed by atoms with E-state index in [9.17, 15) is 0 Å². The third kappa shape index (κ3) is 3.92. The van der Waals surface area contributed by atoms with Gasteiger partial charge in [-0.15, -0.1) is 11.8 Å². The average Bonchev–Trinajstić information content (AvgIpc) is 2.52. The molecule has 2 aromatic rings. The van der Waals surface area contributed by atoms with Crippen molar-refractivity contribution in [2.45, 2.75) is 17.4 Å². The minimum Gasteiger partial charge on any atom is -0.496 e. The van der Waals surface area contributed by atoms with Crippen molar-refractivity contribution in [3.05, 3.63) is 58.6 Å². The number of methoxy groups -OCH3 is 1. The lowest BCUT2D eigenvalue weighted by atomic mass is 9.98. The van der Waals surface area contributed by atoms with Gasteiger partial charge in [0.15, 0.2) is 0 Å². The first-order chi connectivity index (χ1) is 10.2. The molecule has 0 saturated heterocycles. The molecule has 1 atom stereocenters. The quantitative estimate of drug-likeness (QED) is 0.482. The van der Waals surface area contributed by atoms with Crippen LogP contribution in [0.2, 0.25) is 5.02 Å². The number of rotatable bonds is 6. The summed E-state index contributed by atoms with van der Waals surface area (Å²) >= 11 is 7.80. The lowest BCUT2D eigenvalue weighted by Gasteiger charge is -2.20. The number of ether oxygens (including phenoxy) is 1. The number of thioether (sulfide) groups is 1. The summed E-state index contributed by atoms with van der Waals surface area (Å²) in [7, 11) is 1.66. The van der Waals surface area contributed by atoms with Crippen molar-refractivity contribution < 1.29 is 4.74 Å². The zero-order chi connectivity index (χ0) is 15.2. The van der Waals surface area contributed by atoms with Crippen molar-refractivity contribution >= 4 is 23.4 Å². The van der Waals surface area contributed by atoms with E-state index < -0.39 is 0 Å². The Hall–Kier alpha value is -1.20. The van der Waals surface area contributed by atoms with Gasteiger partial charge in [0.25, 0.3) is 0 Å². The summed E-state index contributed by atoms with van der Waals surface area (Å²) < 4.78 is 5.41. The molecule has 2 aromatic carbocycles. The SMILES string of the molecule is COc1ccc(Cl)cc1CC(NN)c1ccccc1SC. The van der Waals surface area contributed by atoms with E-state index in [1.54, 1.807) is 18.9 Å². The van der Waals surface area contributed by atoms with E-state index in [0.717, 1.165) is 11.3 Å². The van der Waals surface area contributed by atoms with Crippen LogP contribution >= 0.6 is 23.4 Å². The molecule has 0 amide bonds. The number of hydrogen-bond donors (Lipinski definition) is 2. The fourth-order valence-electron chi connectivity index (χ4n) is 2.34. The second-order valence-electron chi connectivity index (χ2n) is 4.62. The summed E-state index contributed by atoms with van der Waals surface area (Å²) in [6, 6.07) is 13.9. The Balaban J connectivity index is 2.33. The Labute approximate surface area is 134 Å². The van der Waals surface area contributed by atoms with Crippen LogP contribution in [0.4, 0.5) is 0 Å². The van der Waals surface area contributed by atoms with E-state index >= 15 is 0 Å². The highest BCUT2D eigenvalue weighted by Crippen LogP contribution is 2.31. The van der Waals surface area contributed by atoms with E-state index in [0.29, 0.717) is 11.4 Å². The van der Waals surface area contributed by atoms with E-state index in [1.807, 2.05) is 30.3 Å². The molecule has 0 spiro atoms. The normalized spacial score (nSPS) is 12.2. The van der Waals surface area contributed by atoms with E-state index in [4.69, 9.17) is 22.2 Å². The summed E-state index contributed by atoms with van der Waals surface area (Å²) in [4.78, 5) is 1.21. The molecule has 0 aromatic heterocycles. The molecule has 5 heteroatoms. The fraction of sp³-hybridized carbons (Fsp3) is 0.250. The van der Waals surface area contributed by atoms with Crippen molar-refractivity contribution in [2.24, 2.45) is 5.84 Å². The third-order valence-corrected chi connectivity index (χ3v) is 4.43. The summed E-state index contributed by atoms with van der Waals surface area (Å²) in [6.45, 7) is 0. The predicted octanol–water partition coefficient (Wildman–Crippen LogP) is 3.82. The molecule has 3 nitrogen and oxygen atoms in total. The van der Waals surface area contributed by atoms with Crippen molar-refractivity contribution in [3.63, 3.8) is 0 Å². The van der Waals surface area contributed by atoms with E-state index in [2.05, 4.69) is 23.8 Å². The molecule has 3 N–H and O–H groups in total. The largest absolute Gasteiger partial charge is 0.496 e. The van der Waals surface area contributed by atoms with Gasteiger partial charge in [-0.05, 0) is 48.1 Å². The van der Waals surface area contributed by atoms with E-state index in [-0.39, 0.29) is 6.04 Å². The maximum atomic E-state index is 6.09. The predicted molar refractivity (Wildman–Crippen MR) is 90.0 cm³/mol. The average molecular weight is 323 g/mol. The molecule has 0 bridgehead atoms.